The van der Waals surface area contributed by atoms with Crippen LogP contribution in [0, 0.1) is 15.9 Å². The van der Waals surface area contributed by atoms with Gasteiger partial charge in [0.2, 0.25) is 0 Å². The number of aromatic carboxylic acids is 1. The summed E-state index contributed by atoms with van der Waals surface area (Å²) < 4.78 is 13.6. The summed E-state index contributed by atoms with van der Waals surface area (Å²) in [6.45, 7) is 0. The van der Waals surface area contributed by atoms with Crippen molar-refractivity contribution in [1.29, 1.82) is 0 Å². The van der Waals surface area contributed by atoms with Crippen molar-refractivity contribution < 1.29 is 19.2 Å². The molecule has 9 heteroatoms. The molecule has 0 aromatic heterocycles. The van der Waals surface area contributed by atoms with Crippen molar-refractivity contribution >= 4 is 46.6 Å². The van der Waals surface area contributed by atoms with E-state index in [1.807, 2.05) is 0 Å². The highest BCUT2D eigenvalue weighted by Gasteiger charge is 2.18. The number of hydrogen-bond donors (Lipinski definition) is 1. The Labute approximate surface area is 179 Å². The molecule has 0 aliphatic heterocycles. The van der Waals surface area contributed by atoms with Crippen LogP contribution in [0.25, 0.3) is 0 Å². The van der Waals surface area contributed by atoms with Gasteiger partial charge in [-0.3, -0.25) is 10.1 Å². The predicted octanol–water partition coefficient (Wildman–Crippen LogP) is 6.48. The lowest BCUT2D eigenvalue weighted by Gasteiger charge is -2.09. The highest BCUT2D eigenvalue weighted by Crippen LogP contribution is 2.38. The minimum atomic E-state index is -1.19. The molecule has 3 aromatic carbocycles. The molecule has 0 amide bonds. The zero-order valence-electron chi connectivity index (χ0n) is 14.6. The topological polar surface area (TPSA) is 80.4 Å². The zero-order chi connectivity index (χ0) is 21.1. The lowest BCUT2D eigenvalue weighted by Crippen LogP contribution is -2.04. The van der Waals surface area contributed by atoms with E-state index < -0.39 is 16.7 Å². The number of carboxylic acids is 1. The fourth-order valence-electron chi connectivity index (χ4n) is 2.71. The molecule has 0 heterocycles. The molecule has 3 rings (SSSR count). The first-order valence-corrected chi connectivity index (χ1v) is 9.74. The zero-order valence-corrected chi connectivity index (χ0v) is 16.9. The number of hydrogen-bond acceptors (Lipinski definition) is 4. The van der Waals surface area contributed by atoms with Crippen molar-refractivity contribution in [3.63, 3.8) is 0 Å². The number of carboxylic acid groups (broad SMARTS) is 1. The molecular formula is C20H12Cl2FNO4S. The summed E-state index contributed by atoms with van der Waals surface area (Å²) in [7, 11) is 0. The van der Waals surface area contributed by atoms with Gasteiger partial charge in [0.05, 0.1) is 25.4 Å². The van der Waals surface area contributed by atoms with E-state index in [1.165, 1.54) is 12.1 Å². The average Bonchev–Trinajstić information content (AvgIpc) is 2.65. The van der Waals surface area contributed by atoms with Crippen LogP contribution in [0.1, 0.15) is 21.5 Å². The first-order chi connectivity index (χ1) is 13.7. The highest BCUT2D eigenvalue weighted by atomic mass is 35.5. The fraction of sp³-hybridized carbons (Fsp3) is 0.0500. The second-order valence-electron chi connectivity index (χ2n) is 6.02. The standard InChI is InChI=1S/C20H12Cl2FNO4S/c21-16-5-3-14(10-17(16)22)29-19-6-1-11(8-18(19)24(27)28)7-12-9-13(23)2-4-15(12)20(25)26/h1-6,8-10H,7H2,(H,25,26). The lowest BCUT2D eigenvalue weighted by atomic mass is 9.99. The molecular weight excluding hydrogens is 440 g/mol. The molecule has 0 atom stereocenters. The number of nitro groups is 1. The first-order valence-electron chi connectivity index (χ1n) is 8.16. The Balaban J connectivity index is 1.94. The van der Waals surface area contributed by atoms with E-state index in [-0.39, 0.29) is 23.2 Å². The van der Waals surface area contributed by atoms with Crippen LogP contribution in [0.15, 0.2) is 64.4 Å². The van der Waals surface area contributed by atoms with Crippen LogP contribution in [-0.2, 0) is 6.42 Å². The second-order valence-corrected chi connectivity index (χ2v) is 7.95. The first kappa shape index (κ1) is 21.1. The third kappa shape index (κ3) is 5.06. The van der Waals surface area contributed by atoms with Crippen molar-refractivity contribution in [3.8, 4) is 0 Å². The summed E-state index contributed by atoms with van der Waals surface area (Å²) in [5.74, 6) is -1.77. The Hall–Kier alpha value is -2.61. The normalized spacial score (nSPS) is 10.7. The summed E-state index contributed by atoms with van der Waals surface area (Å²) >= 11 is 13.0. The second kappa shape index (κ2) is 8.82. The lowest BCUT2D eigenvalue weighted by molar-refractivity contribution is -0.387. The molecule has 0 aliphatic rings. The Morgan fingerprint density at radius 1 is 1.07 bits per heavy atom. The Morgan fingerprint density at radius 2 is 1.83 bits per heavy atom. The maximum atomic E-state index is 13.6. The summed E-state index contributed by atoms with van der Waals surface area (Å²) in [5, 5.41) is 21.5. The van der Waals surface area contributed by atoms with Gasteiger partial charge in [-0.25, -0.2) is 9.18 Å². The van der Waals surface area contributed by atoms with Crippen molar-refractivity contribution in [3.05, 3.63) is 97.3 Å². The number of halogens is 3. The van der Waals surface area contributed by atoms with Crippen LogP contribution in [-0.4, -0.2) is 16.0 Å². The van der Waals surface area contributed by atoms with Crippen molar-refractivity contribution in [1.82, 2.24) is 0 Å². The van der Waals surface area contributed by atoms with E-state index in [2.05, 4.69) is 0 Å². The molecule has 0 bridgehead atoms. The third-order valence-electron chi connectivity index (χ3n) is 4.03. The van der Waals surface area contributed by atoms with Gasteiger partial charge >= 0.3 is 5.97 Å². The Kier molecular flexibility index (Phi) is 6.42. The molecule has 29 heavy (non-hydrogen) atoms. The molecule has 0 radical (unpaired) electrons. The smallest absolute Gasteiger partial charge is 0.335 e. The van der Waals surface area contributed by atoms with Crippen LogP contribution >= 0.6 is 35.0 Å². The molecule has 0 aliphatic carbocycles. The van der Waals surface area contributed by atoms with Gasteiger partial charge in [0.1, 0.15) is 5.82 Å². The van der Waals surface area contributed by atoms with Crippen LogP contribution in [0.5, 0.6) is 0 Å². The van der Waals surface area contributed by atoms with Gasteiger partial charge in [-0.15, -0.1) is 0 Å². The minimum absolute atomic E-state index is 0.0396. The number of benzene rings is 3. The van der Waals surface area contributed by atoms with E-state index in [9.17, 15) is 24.4 Å². The van der Waals surface area contributed by atoms with Gasteiger partial charge in [0.25, 0.3) is 5.69 Å². The Morgan fingerprint density at radius 3 is 2.48 bits per heavy atom. The van der Waals surface area contributed by atoms with Crippen molar-refractivity contribution in [2.45, 2.75) is 16.2 Å². The summed E-state index contributed by atoms with van der Waals surface area (Å²) in [6, 6.07) is 12.8. The molecule has 1 N–H and O–H groups in total. The Bertz CT molecular complexity index is 1120. The van der Waals surface area contributed by atoms with Crippen LogP contribution < -0.4 is 0 Å². The number of rotatable bonds is 6. The number of carbonyl (C=O) groups is 1. The molecule has 0 saturated carbocycles. The fourth-order valence-corrected chi connectivity index (χ4v) is 4.01. The summed E-state index contributed by atoms with van der Waals surface area (Å²) in [4.78, 5) is 23.4. The maximum absolute atomic E-state index is 13.6. The van der Waals surface area contributed by atoms with E-state index in [4.69, 9.17) is 23.2 Å². The van der Waals surface area contributed by atoms with E-state index >= 15 is 0 Å². The maximum Gasteiger partial charge on any atom is 0.335 e. The van der Waals surface area contributed by atoms with E-state index in [1.54, 1.807) is 30.3 Å². The molecule has 3 aromatic rings. The van der Waals surface area contributed by atoms with Gasteiger partial charge in [-0.05, 0) is 60.0 Å². The molecule has 0 spiro atoms. The van der Waals surface area contributed by atoms with Crippen molar-refractivity contribution in [2.75, 3.05) is 0 Å². The largest absolute Gasteiger partial charge is 0.478 e. The summed E-state index contributed by atoms with van der Waals surface area (Å²) in [6.07, 6.45) is 0.0396. The predicted molar refractivity (Wildman–Crippen MR) is 110 cm³/mol. The SMILES string of the molecule is O=C(O)c1ccc(F)cc1Cc1ccc(Sc2ccc(Cl)c(Cl)c2)c([N+](=O)[O-])c1. The van der Waals surface area contributed by atoms with Gasteiger partial charge in [0.15, 0.2) is 0 Å². The molecule has 0 saturated heterocycles. The summed E-state index contributed by atoms with van der Waals surface area (Å²) in [5.41, 5.74) is 0.523. The number of nitro benzene ring substituents is 1. The van der Waals surface area contributed by atoms with E-state index in [0.29, 0.717) is 25.4 Å². The van der Waals surface area contributed by atoms with Gasteiger partial charge < -0.3 is 5.11 Å². The quantitative estimate of drug-likeness (QED) is 0.342. The van der Waals surface area contributed by atoms with Gasteiger partial charge in [-0.1, -0.05) is 41.0 Å². The van der Waals surface area contributed by atoms with Gasteiger partial charge in [0, 0.05) is 11.0 Å². The monoisotopic (exact) mass is 451 g/mol. The van der Waals surface area contributed by atoms with E-state index in [0.717, 1.165) is 23.9 Å². The minimum Gasteiger partial charge on any atom is -0.478 e. The van der Waals surface area contributed by atoms with Crippen LogP contribution in [0.3, 0.4) is 0 Å². The molecule has 148 valence electrons. The third-order valence-corrected chi connectivity index (χ3v) is 5.82. The highest BCUT2D eigenvalue weighted by molar-refractivity contribution is 7.99. The van der Waals surface area contributed by atoms with Crippen molar-refractivity contribution in [2.24, 2.45) is 0 Å². The molecule has 0 unspecified atom stereocenters. The van der Waals surface area contributed by atoms with Gasteiger partial charge in [-0.2, -0.15) is 0 Å². The average molecular weight is 452 g/mol. The van der Waals surface area contributed by atoms with Crippen LogP contribution in [0.2, 0.25) is 10.0 Å². The molecule has 5 nitrogen and oxygen atoms in total. The van der Waals surface area contributed by atoms with Crippen LogP contribution in [0.4, 0.5) is 10.1 Å². The number of nitrogens with zero attached hydrogens (tertiary/aromatic N) is 1. The molecule has 0 fully saturated rings.